The Hall–Kier alpha value is -1.05. The van der Waals surface area contributed by atoms with E-state index >= 15 is 0 Å². The molecule has 6 nitrogen and oxygen atoms in total. The Kier molecular flexibility index (Phi) is 399. The van der Waals surface area contributed by atoms with Gasteiger partial charge in [-0.2, -0.15) is 0 Å². The van der Waals surface area contributed by atoms with Crippen molar-refractivity contribution in [2.45, 2.75) is 0 Å². The predicted molar refractivity (Wildman–Crippen MR) is 77.9 cm³/mol. The van der Waals surface area contributed by atoms with Gasteiger partial charge in [-0.25, -0.2) is 31.6 Å². The van der Waals surface area contributed by atoms with Crippen LogP contribution < -0.4 is 0 Å². The van der Waals surface area contributed by atoms with Gasteiger partial charge in [-0.1, -0.05) is 32.4 Å². The van der Waals surface area contributed by atoms with Crippen molar-refractivity contribution in [3.05, 3.63) is 0 Å². The third-order valence-electron chi connectivity index (χ3n) is 0. The van der Waals surface area contributed by atoms with E-state index in [0.29, 0.717) is 0 Å². The first-order valence-electron chi connectivity index (χ1n) is 2.57. The van der Waals surface area contributed by atoms with Crippen LogP contribution in [0.5, 0.6) is 0 Å². The molecule has 0 aliphatic carbocycles. The van der Waals surface area contributed by atoms with Crippen molar-refractivity contribution in [1.82, 2.24) is 0 Å². The van der Waals surface area contributed by atoms with Crippen LogP contribution in [0.15, 0.2) is 0 Å². The van der Waals surface area contributed by atoms with Crippen LogP contribution in [0.2, 0.25) is 0 Å². The first-order valence-corrected chi connectivity index (χ1v) is 5.02. The molecule has 0 heterocycles. The molecule has 0 aromatic rings. The molecule has 0 fully saturated rings. The summed E-state index contributed by atoms with van der Waals surface area (Å²) in [6.45, 7) is 0. The minimum atomic E-state index is 0. The molecule has 0 amide bonds. The smallest absolute Gasteiger partial charge is 0 e. The average molecular weight is 444 g/mol. The van der Waals surface area contributed by atoms with Crippen molar-refractivity contribution in [3.8, 4) is 32.4 Å². The van der Waals surface area contributed by atoms with Crippen molar-refractivity contribution in [2.75, 3.05) is 0 Å². The second kappa shape index (κ2) is 176. The Morgan fingerprint density at radius 2 is 0.368 bits per heavy atom. The van der Waals surface area contributed by atoms with E-state index in [2.05, 4.69) is 75.8 Å². The summed E-state index contributed by atoms with van der Waals surface area (Å²) in [6.07, 6.45) is 0. The molecule has 0 aliphatic heterocycles. The van der Waals surface area contributed by atoms with E-state index in [4.69, 9.17) is 31.6 Å². The summed E-state index contributed by atoms with van der Waals surface area (Å²) in [6, 6.07) is 0. The Morgan fingerprint density at radius 1 is 0.368 bits per heavy atom. The van der Waals surface area contributed by atoms with Crippen molar-refractivity contribution in [2.24, 2.45) is 0 Å². The fourth-order valence-corrected chi connectivity index (χ4v) is 0. The second-order valence-corrected chi connectivity index (χ2v) is 1.64. The number of hydrogen-bond donors (Lipinski definition) is 0. The van der Waals surface area contributed by atoms with Gasteiger partial charge in [0.1, 0.15) is 0 Å². The summed E-state index contributed by atoms with van der Waals surface area (Å²) < 4.78 is 0. The van der Waals surface area contributed by atoms with Gasteiger partial charge in [0.15, 0.2) is 0 Å². The van der Waals surface area contributed by atoms with Crippen molar-refractivity contribution in [1.29, 1.82) is 31.6 Å². The molecule has 102 valence electrons. The maximum atomic E-state index is 7.13. The topological polar surface area (TPSA) is 143 Å². The number of nitrogens with zero attached hydrogens (tertiary/aromatic N) is 6. The molecule has 0 bridgehead atoms. The molecule has 19 heavy (non-hydrogen) atoms. The summed E-state index contributed by atoms with van der Waals surface area (Å²) in [7, 11) is 0. The molecular weight excluding hydrogens is 444 g/mol. The molecule has 0 saturated heterocycles. The Morgan fingerprint density at radius 3 is 0.368 bits per heavy atom. The number of nitriles is 6. The van der Waals surface area contributed by atoms with Crippen molar-refractivity contribution >= 4 is 75.8 Å². The van der Waals surface area contributed by atoms with Crippen LogP contribution in [0.1, 0.15) is 0 Å². The second-order valence-electron chi connectivity index (χ2n) is 0.548. The summed E-state index contributed by atoms with van der Waals surface area (Å²) in [4.78, 5) is 0. The number of rotatable bonds is 0. The van der Waals surface area contributed by atoms with Gasteiger partial charge >= 0.3 is 0 Å². The van der Waals surface area contributed by atoms with Crippen LogP contribution in [0, 0.1) is 64.0 Å². The molecule has 0 spiro atoms. The molecule has 0 N–H and O–H groups in total. The fourth-order valence-electron chi connectivity index (χ4n) is 0. The average Bonchev–Trinajstić information content (AvgIpc) is 2.23. The first-order chi connectivity index (χ1) is 8.49. The maximum absolute atomic E-state index is 7.13. The first kappa shape index (κ1) is 43.0. The van der Waals surface area contributed by atoms with Crippen LogP contribution in [0.25, 0.3) is 0 Å². The van der Waals surface area contributed by atoms with E-state index < -0.39 is 0 Å². The van der Waals surface area contributed by atoms with Crippen LogP contribution in [-0.4, -0.2) is 0 Å². The zero-order valence-electron chi connectivity index (χ0n) is 8.54. The van der Waals surface area contributed by atoms with E-state index in [1.165, 1.54) is 32.4 Å². The molecule has 0 aliphatic rings. The van der Waals surface area contributed by atoms with Gasteiger partial charge in [-0.15, -0.1) is 0 Å². The summed E-state index contributed by atoms with van der Waals surface area (Å²) >= 11 is 22.2. The van der Waals surface area contributed by atoms with Gasteiger partial charge in [0.05, 0.1) is 0 Å². The number of thiocyanates is 6. The molecular formula is C6MoN6S6-6. The number of hydrogen-bond acceptors (Lipinski definition) is 12. The quantitative estimate of drug-likeness (QED) is 0.284. The molecule has 0 aromatic heterocycles. The zero-order chi connectivity index (χ0) is 16.2. The van der Waals surface area contributed by atoms with Crippen molar-refractivity contribution < 1.29 is 21.1 Å². The predicted octanol–water partition coefficient (Wildman–Crippen LogP) is 0.0838. The van der Waals surface area contributed by atoms with Gasteiger partial charge < -0.3 is 75.8 Å². The standard InChI is InChI=1S/6CHNS.Mo/c6*2-1-3;/h6*3H;/p-6. The van der Waals surface area contributed by atoms with Crippen LogP contribution in [-0.2, 0) is 96.8 Å². The van der Waals surface area contributed by atoms with Gasteiger partial charge in [0.25, 0.3) is 0 Å². The molecule has 13 heteroatoms. The van der Waals surface area contributed by atoms with E-state index in [9.17, 15) is 0 Å². The maximum Gasteiger partial charge on any atom is 0 e. The minimum absolute atomic E-state index is 0. The minimum Gasteiger partial charge on any atom is -0.696 e. The van der Waals surface area contributed by atoms with E-state index in [0.717, 1.165) is 0 Å². The third kappa shape index (κ3) is 3420. The normalized spacial score (nSPS) is 2.21. The summed E-state index contributed by atoms with van der Waals surface area (Å²) in [5, 5.41) is 50.8. The molecule has 0 rings (SSSR count). The van der Waals surface area contributed by atoms with Gasteiger partial charge in [-0.05, 0) is 0 Å². The van der Waals surface area contributed by atoms with E-state index in [1.807, 2.05) is 0 Å². The van der Waals surface area contributed by atoms with Gasteiger partial charge in [0, 0.05) is 21.1 Å². The van der Waals surface area contributed by atoms with Crippen molar-refractivity contribution in [3.63, 3.8) is 0 Å². The van der Waals surface area contributed by atoms with E-state index in [1.54, 1.807) is 0 Å². The molecule has 0 unspecified atom stereocenters. The fraction of sp³-hybridized carbons (Fsp3) is 0. The van der Waals surface area contributed by atoms with Crippen LogP contribution in [0.3, 0.4) is 0 Å². The Balaban J connectivity index is -0.0000000180. The Bertz CT molecular complexity index is 256. The largest absolute Gasteiger partial charge is 0.696 e. The SMILES string of the molecule is N#C[S-].N#C[S-].N#C[S-].N#C[S-].N#C[S-].N#C[S-].[Mo]. The monoisotopic (exact) mass is 446 g/mol. The van der Waals surface area contributed by atoms with E-state index in [-0.39, 0.29) is 21.1 Å². The van der Waals surface area contributed by atoms with Gasteiger partial charge in [0.2, 0.25) is 0 Å². The molecule has 0 atom stereocenters. The van der Waals surface area contributed by atoms with Crippen LogP contribution in [0.4, 0.5) is 0 Å². The molecule has 0 radical (unpaired) electrons. The third-order valence-corrected chi connectivity index (χ3v) is 0. The molecule has 0 saturated carbocycles. The summed E-state index contributed by atoms with van der Waals surface area (Å²) in [5.41, 5.74) is 0. The van der Waals surface area contributed by atoms with Gasteiger partial charge in [-0.3, -0.25) is 0 Å². The summed E-state index contributed by atoms with van der Waals surface area (Å²) in [5.74, 6) is 0. The Labute approximate surface area is 159 Å². The van der Waals surface area contributed by atoms with Crippen LogP contribution >= 0.6 is 0 Å². The zero-order valence-corrected chi connectivity index (χ0v) is 15.4. The molecule has 0 aromatic carbocycles.